The molecule has 0 unspecified atom stereocenters. The predicted molar refractivity (Wildman–Crippen MR) is 118 cm³/mol. The smallest absolute Gasteiger partial charge is 0.238 e. The first-order chi connectivity index (χ1) is 15.6. The van der Waals surface area contributed by atoms with Crippen LogP contribution in [-0.2, 0) is 16.0 Å². The number of nitrogens with zero attached hydrogens (tertiary/aromatic N) is 3. The number of benzene rings is 2. The number of amides is 2. The zero-order valence-corrected chi connectivity index (χ0v) is 17.7. The van der Waals surface area contributed by atoms with Crippen LogP contribution in [0.1, 0.15) is 12.3 Å². The molecule has 0 radical (unpaired) electrons. The van der Waals surface area contributed by atoms with E-state index in [0.29, 0.717) is 56.4 Å². The van der Waals surface area contributed by atoms with E-state index in [9.17, 15) is 14.0 Å². The highest BCUT2D eigenvalue weighted by Crippen LogP contribution is 2.20. The van der Waals surface area contributed by atoms with Gasteiger partial charge in [0.2, 0.25) is 11.8 Å². The van der Waals surface area contributed by atoms with Crippen LogP contribution in [0.15, 0.2) is 65.2 Å². The molecule has 0 saturated carbocycles. The minimum atomic E-state index is -0.393. The van der Waals surface area contributed by atoms with Gasteiger partial charge in [-0.1, -0.05) is 36.4 Å². The second-order valence-corrected chi connectivity index (χ2v) is 7.70. The number of halogens is 1. The zero-order chi connectivity index (χ0) is 22.3. The number of piperazine rings is 1. The molecule has 4 rings (SSSR count). The van der Waals surface area contributed by atoms with E-state index in [1.807, 2.05) is 40.1 Å². The summed E-state index contributed by atoms with van der Waals surface area (Å²) in [6.07, 6.45) is 2.46. The average Bonchev–Trinajstić information content (AvgIpc) is 3.28. The van der Waals surface area contributed by atoms with Crippen LogP contribution >= 0.6 is 0 Å². The SMILES string of the molecule is O=C(CN1CCN(C(=O)CCc2ncc(-c3ccccc3)o2)CC1)Nc1cccc(F)c1. The van der Waals surface area contributed by atoms with Crippen LogP contribution in [0.2, 0.25) is 0 Å². The molecule has 0 bridgehead atoms. The molecular weight excluding hydrogens is 411 g/mol. The summed E-state index contributed by atoms with van der Waals surface area (Å²) in [7, 11) is 0. The van der Waals surface area contributed by atoms with Crippen molar-refractivity contribution in [3.05, 3.63) is 72.5 Å². The lowest BCUT2D eigenvalue weighted by Crippen LogP contribution is -2.50. The van der Waals surface area contributed by atoms with Crippen LogP contribution in [0.4, 0.5) is 10.1 Å². The second-order valence-electron chi connectivity index (χ2n) is 7.70. The first kappa shape index (κ1) is 21.7. The number of rotatable bonds is 7. The maximum Gasteiger partial charge on any atom is 0.238 e. The van der Waals surface area contributed by atoms with E-state index in [0.717, 1.165) is 5.56 Å². The Morgan fingerprint density at radius 1 is 1.03 bits per heavy atom. The molecule has 166 valence electrons. The normalized spacial score (nSPS) is 14.3. The summed E-state index contributed by atoms with van der Waals surface area (Å²) in [4.78, 5) is 32.8. The number of carbonyl (C=O) groups excluding carboxylic acids is 2. The van der Waals surface area contributed by atoms with Gasteiger partial charge in [0.05, 0.1) is 12.7 Å². The Hall–Kier alpha value is -3.52. The van der Waals surface area contributed by atoms with E-state index in [-0.39, 0.29) is 18.4 Å². The van der Waals surface area contributed by atoms with E-state index < -0.39 is 5.82 Å². The lowest BCUT2D eigenvalue weighted by atomic mass is 10.2. The lowest BCUT2D eigenvalue weighted by molar-refractivity contribution is -0.133. The number of aromatic nitrogens is 1. The molecule has 8 heteroatoms. The monoisotopic (exact) mass is 436 g/mol. The van der Waals surface area contributed by atoms with Gasteiger partial charge in [0.1, 0.15) is 5.82 Å². The Morgan fingerprint density at radius 3 is 2.56 bits per heavy atom. The number of oxazole rings is 1. The average molecular weight is 436 g/mol. The highest BCUT2D eigenvalue weighted by atomic mass is 19.1. The third-order valence-electron chi connectivity index (χ3n) is 5.37. The number of hydrogen-bond donors (Lipinski definition) is 1. The fourth-order valence-electron chi connectivity index (χ4n) is 3.66. The van der Waals surface area contributed by atoms with E-state index in [1.165, 1.54) is 12.1 Å². The molecule has 2 aromatic carbocycles. The molecule has 1 aliphatic rings. The van der Waals surface area contributed by atoms with Gasteiger partial charge in [0.15, 0.2) is 11.7 Å². The fraction of sp³-hybridized carbons (Fsp3) is 0.292. The zero-order valence-electron chi connectivity index (χ0n) is 17.7. The first-order valence-corrected chi connectivity index (χ1v) is 10.6. The van der Waals surface area contributed by atoms with Crippen molar-refractivity contribution in [2.75, 3.05) is 38.0 Å². The molecular formula is C24H25FN4O3. The predicted octanol–water partition coefficient (Wildman–Crippen LogP) is 3.20. The van der Waals surface area contributed by atoms with Gasteiger partial charge in [-0.15, -0.1) is 0 Å². The maximum absolute atomic E-state index is 13.2. The van der Waals surface area contributed by atoms with Gasteiger partial charge in [-0.2, -0.15) is 0 Å². The van der Waals surface area contributed by atoms with Crippen LogP contribution in [0.3, 0.4) is 0 Å². The molecule has 1 aliphatic heterocycles. The third kappa shape index (κ3) is 5.79. The van der Waals surface area contributed by atoms with E-state index in [2.05, 4.69) is 10.3 Å². The quantitative estimate of drug-likeness (QED) is 0.615. The van der Waals surface area contributed by atoms with Crippen LogP contribution in [0.25, 0.3) is 11.3 Å². The van der Waals surface area contributed by atoms with Crippen LogP contribution in [0, 0.1) is 5.82 Å². The Balaban J connectivity index is 1.19. The highest BCUT2D eigenvalue weighted by molar-refractivity contribution is 5.92. The van der Waals surface area contributed by atoms with Crippen LogP contribution < -0.4 is 5.32 Å². The number of carbonyl (C=O) groups is 2. The minimum Gasteiger partial charge on any atom is -0.441 e. The summed E-state index contributed by atoms with van der Waals surface area (Å²) in [5, 5.41) is 2.70. The van der Waals surface area contributed by atoms with Gasteiger partial charge in [-0.05, 0) is 18.2 Å². The topological polar surface area (TPSA) is 78.7 Å². The lowest BCUT2D eigenvalue weighted by Gasteiger charge is -2.34. The molecule has 1 aromatic heterocycles. The molecule has 3 aromatic rings. The number of hydrogen-bond acceptors (Lipinski definition) is 5. The largest absolute Gasteiger partial charge is 0.441 e. The van der Waals surface area contributed by atoms with Crippen molar-refractivity contribution in [1.29, 1.82) is 0 Å². The van der Waals surface area contributed by atoms with Gasteiger partial charge in [0, 0.05) is 50.3 Å². The summed E-state index contributed by atoms with van der Waals surface area (Å²) in [5.74, 6) is 0.695. The molecule has 1 fully saturated rings. The van der Waals surface area contributed by atoms with Crippen LogP contribution in [-0.4, -0.2) is 59.3 Å². The van der Waals surface area contributed by atoms with Gasteiger partial charge in [0.25, 0.3) is 0 Å². The summed E-state index contributed by atoms with van der Waals surface area (Å²) in [6.45, 7) is 2.55. The molecule has 1 N–H and O–H groups in total. The fourth-order valence-corrected chi connectivity index (χ4v) is 3.66. The maximum atomic E-state index is 13.2. The number of anilines is 1. The molecule has 2 amide bonds. The summed E-state index contributed by atoms with van der Waals surface area (Å²) in [5.41, 5.74) is 1.39. The third-order valence-corrected chi connectivity index (χ3v) is 5.37. The molecule has 0 spiro atoms. The van der Waals surface area contributed by atoms with Crippen molar-refractivity contribution in [3.8, 4) is 11.3 Å². The minimum absolute atomic E-state index is 0.0494. The highest BCUT2D eigenvalue weighted by Gasteiger charge is 2.22. The Bertz CT molecular complexity index is 1060. The molecule has 32 heavy (non-hydrogen) atoms. The molecule has 1 saturated heterocycles. The molecule has 0 atom stereocenters. The van der Waals surface area contributed by atoms with Crippen molar-refractivity contribution >= 4 is 17.5 Å². The molecule has 2 heterocycles. The summed E-state index contributed by atoms with van der Waals surface area (Å²) in [6, 6.07) is 15.5. The van der Waals surface area contributed by atoms with Crippen molar-refractivity contribution in [1.82, 2.24) is 14.8 Å². The van der Waals surface area contributed by atoms with Gasteiger partial charge in [-0.25, -0.2) is 9.37 Å². The standard InChI is InChI=1S/C24H25FN4O3/c25-19-7-4-8-20(15-19)27-22(30)17-28-11-13-29(14-12-28)24(31)10-9-23-26-16-21(32-23)18-5-2-1-3-6-18/h1-8,15-16H,9-14,17H2,(H,27,30). The van der Waals surface area contributed by atoms with Gasteiger partial charge >= 0.3 is 0 Å². The van der Waals surface area contributed by atoms with Crippen molar-refractivity contribution in [2.45, 2.75) is 12.8 Å². The van der Waals surface area contributed by atoms with Crippen molar-refractivity contribution < 1.29 is 18.4 Å². The Morgan fingerprint density at radius 2 is 1.81 bits per heavy atom. The summed E-state index contributed by atoms with van der Waals surface area (Å²) < 4.78 is 19.0. The van der Waals surface area contributed by atoms with E-state index in [1.54, 1.807) is 18.3 Å². The Kier molecular flexibility index (Phi) is 6.91. The molecule has 0 aliphatic carbocycles. The van der Waals surface area contributed by atoms with E-state index in [4.69, 9.17) is 4.42 Å². The molecule has 7 nitrogen and oxygen atoms in total. The second kappa shape index (κ2) is 10.2. The number of nitrogens with one attached hydrogen (secondary N) is 1. The number of aryl methyl sites for hydroxylation is 1. The summed E-state index contributed by atoms with van der Waals surface area (Å²) >= 11 is 0. The van der Waals surface area contributed by atoms with Crippen molar-refractivity contribution in [3.63, 3.8) is 0 Å². The van der Waals surface area contributed by atoms with Crippen molar-refractivity contribution in [2.24, 2.45) is 0 Å². The van der Waals surface area contributed by atoms with Crippen LogP contribution in [0.5, 0.6) is 0 Å². The van der Waals surface area contributed by atoms with E-state index >= 15 is 0 Å². The Labute approximate surface area is 185 Å². The van der Waals surface area contributed by atoms with Gasteiger partial charge in [-0.3, -0.25) is 14.5 Å². The van der Waals surface area contributed by atoms with Gasteiger partial charge < -0.3 is 14.6 Å². The first-order valence-electron chi connectivity index (χ1n) is 10.6.